The van der Waals surface area contributed by atoms with Crippen LogP contribution in [0.4, 0.5) is 24.8 Å². The number of hydrogen-bond donors (Lipinski definition) is 1. The molecule has 1 N–H and O–H groups in total. The molecule has 1 aromatic heterocycles. The van der Waals surface area contributed by atoms with E-state index in [2.05, 4.69) is 45.7 Å². The molecule has 1 aliphatic carbocycles. The van der Waals surface area contributed by atoms with E-state index in [-0.39, 0.29) is 16.7 Å². The van der Waals surface area contributed by atoms with Crippen molar-refractivity contribution in [2.24, 2.45) is 11.8 Å². The van der Waals surface area contributed by atoms with Crippen LogP contribution < -0.4 is 5.32 Å². The van der Waals surface area contributed by atoms with Crippen molar-refractivity contribution >= 4 is 50.4 Å². The normalized spacial score (nSPS) is 22.4. The van der Waals surface area contributed by atoms with Gasteiger partial charge in [-0.25, -0.2) is 4.98 Å². The topological polar surface area (TPSA) is 29.9 Å². The molecule has 2 aromatic carbocycles. The SMILES string of the molecule is CC1CC(C)CC(n2c(Nc3ccc(SC(F)(F)F)cc3)nc3cc(Br)ccc32)C1. The van der Waals surface area contributed by atoms with E-state index in [1.807, 2.05) is 12.1 Å². The maximum atomic E-state index is 12.6. The van der Waals surface area contributed by atoms with E-state index < -0.39 is 5.51 Å². The number of hydrogen-bond acceptors (Lipinski definition) is 3. The van der Waals surface area contributed by atoms with Crippen molar-refractivity contribution in [1.82, 2.24) is 9.55 Å². The highest BCUT2D eigenvalue weighted by molar-refractivity contribution is 9.10. The van der Waals surface area contributed by atoms with Gasteiger partial charge in [0.2, 0.25) is 5.95 Å². The van der Waals surface area contributed by atoms with Crippen LogP contribution in [-0.2, 0) is 0 Å². The molecule has 1 aliphatic rings. The number of alkyl halides is 3. The molecule has 0 saturated heterocycles. The second-order valence-corrected chi connectivity index (χ2v) is 10.3. The number of aromatic nitrogens is 2. The molecule has 1 heterocycles. The largest absolute Gasteiger partial charge is 0.446 e. The van der Waals surface area contributed by atoms with Crippen molar-refractivity contribution < 1.29 is 13.2 Å². The minimum atomic E-state index is -4.29. The lowest BCUT2D eigenvalue weighted by molar-refractivity contribution is -0.0328. The summed E-state index contributed by atoms with van der Waals surface area (Å²) in [6.07, 6.45) is 3.40. The Morgan fingerprint density at radius 3 is 2.33 bits per heavy atom. The third-order valence-electron chi connectivity index (χ3n) is 5.51. The monoisotopic (exact) mass is 497 g/mol. The van der Waals surface area contributed by atoms with Crippen molar-refractivity contribution in [3.05, 3.63) is 46.9 Å². The molecule has 1 fully saturated rings. The summed E-state index contributed by atoms with van der Waals surface area (Å²) in [4.78, 5) is 4.98. The zero-order valence-corrected chi connectivity index (χ0v) is 19.1. The molecule has 0 amide bonds. The first-order valence-electron chi connectivity index (χ1n) is 9.98. The molecule has 0 bridgehead atoms. The van der Waals surface area contributed by atoms with Gasteiger partial charge in [0.1, 0.15) is 0 Å². The minimum absolute atomic E-state index is 0.106. The van der Waals surface area contributed by atoms with E-state index in [4.69, 9.17) is 4.98 Å². The quantitative estimate of drug-likeness (QED) is 0.368. The first kappa shape index (κ1) is 21.6. The molecule has 3 aromatic rings. The number of benzene rings is 2. The van der Waals surface area contributed by atoms with Gasteiger partial charge in [-0.05, 0) is 85.3 Å². The maximum Gasteiger partial charge on any atom is 0.446 e. The fourth-order valence-electron chi connectivity index (χ4n) is 4.51. The van der Waals surface area contributed by atoms with Gasteiger partial charge in [-0.2, -0.15) is 13.2 Å². The van der Waals surface area contributed by atoms with E-state index in [1.54, 1.807) is 12.1 Å². The van der Waals surface area contributed by atoms with Gasteiger partial charge in [0, 0.05) is 21.1 Å². The van der Waals surface area contributed by atoms with E-state index in [9.17, 15) is 13.2 Å². The smallest absolute Gasteiger partial charge is 0.326 e. The van der Waals surface area contributed by atoms with Crippen molar-refractivity contribution in [3.8, 4) is 0 Å². The zero-order valence-electron chi connectivity index (χ0n) is 16.7. The molecular weight excluding hydrogens is 475 g/mol. The summed E-state index contributed by atoms with van der Waals surface area (Å²) in [7, 11) is 0. The Hall–Kier alpha value is -1.67. The van der Waals surface area contributed by atoms with E-state index in [1.165, 1.54) is 18.6 Å². The summed E-state index contributed by atoms with van der Waals surface area (Å²) in [5.41, 5.74) is -1.61. The highest BCUT2D eigenvalue weighted by atomic mass is 79.9. The molecule has 0 spiro atoms. The first-order valence-corrected chi connectivity index (χ1v) is 11.6. The molecule has 2 unspecified atom stereocenters. The van der Waals surface area contributed by atoms with Crippen LogP contribution in [0.2, 0.25) is 0 Å². The molecule has 30 heavy (non-hydrogen) atoms. The van der Waals surface area contributed by atoms with Gasteiger partial charge < -0.3 is 9.88 Å². The number of rotatable bonds is 4. The van der Waals surface area contributed by atoms with Crippen molar-refractivity contribution in [2.75, 3.05) is 5.32 Å². The summed E-state index contributed by atoms with van der Waals surface area (Å²) in [6.45, 7) is 4.59. The number of nitrogens with one attached hydrogen (secondary N) is 1. The molecule has 160 valence electrons. The fourth-order valence-corrected chi connectivity index (χ4v) is 5.40. The van der Waals surface area contributed by atoms with Crippen molar-refractivity contribution in [1.29, 1.82) is 0 Å². The number of nitrogens with zero attached hydrogens (tertiary/aromatic N) is 2. The first-order chi connectivity index (χ1) is 14.2. The lowest BCUT2D eigenvalue weighted by atomic mass is 9.80. The predicted octanol–water partition coefficient (Wildman–Crippen LogP) is 8.15. The van der Waals surface area contributed by atoms with Gasteiger partial charge in [0.05, 0.1) is 11.0 Å². The van der Waals surface area contributed by atoms with Crippen LogP contribution in [0.5, 0.6) is 0 Å². The molecule has 8 heteroatoms. The highest BCUT2D eigenvalue weighted by Gasteiger charge is 2.30. The van der Waals surface area contributed by atoms with Crippen LogP contribution in [0.1, 0.15) is 39.2 Å². The number of fused-ring (bicyclic) bond motifs is 1. The third-order valence-corrected chi connectivity index (χ3v) is 6.75. The van der Waals surface area contributed by atoms with E-state index in [0.717, 1.165) is 34.3 Å². The Balaban J connectivity index is 1.68. The van der Waals surface area contributed by atoms with E-state index in [0.29, 0.717) is 23.6 Å². The van der Waals surface area contributed by atoms with Crippen LogP contribution in [0.15, 0.2) is 51.8 Å². The molecule has 4 rings (SSSR count). The Morgan fingerprint density at radius 2 is 1.70 bits per heavy atom. The predicted molar refractivity (Wildman–Crippen MR) is 120 cm³/mol. The van der Waals surface area contributed by atoms with Gasteiger partial charge >= 0.3 is 5.51 Å². The van der Waals surface area contributed by atoms with Gasteiger partial charge in [-0.1, -0.05) is 29.8 Å². The van der Waals surface area contributed by atoms with Gasteiger partial charge in [0.15, 0.2) is 0 Å². The summed E-state index contributed by atoms with van der Waals surface area (Å²) in [5, 5.41) is 3.34. The average Bonchev–Trinajstić information content (AvgIpc) is 2.98. The molecule has 0 radical (unpaired) electrons. The number of imidazole rings is 1. The Bertz CT molecular complexity index is 1020. The Kier molecular flexibility index (Phi) is 6.08. The van der Waals surface area contributed by atoms with Gasteiger partial charge in [-0.15, -0.1) is 0 Å². The highest BCUT2D eigenvalue weighted by Crippen LogP contribution is 2.41. The minimum Gasteiger partial charge on any atom is -0.326 e. The van der Waals surface area contributed by atoms with Crippen LogP contribution in [-0.4, -0.2) is 15.1 Å². The number of thioether (sulfide) groups is 1. The maximum absolute atomic E-state index is 12.6. The molecule has 0 aliphatic heterocycles. The summed E-state index contributed by atoms with van der Waals surface area (Å²) < 4.78 is 41.0. The van der Waals surface area contributed by atoms with Crippen LogP contribution in [0.3, 0.4) is 0 Å². The van der Waals surface area contributed by atoms with Crippen LogP contribution in [0.25, 0.3) is 11.0 Å². The molecule has 1 saturated carbocycles. The second-order valence-electron chi connectivity index (χ2n) is 8.21. The molecule has 2 atom stereocenters. The lowest BCUT2D eigenvalue weighted by Gasteiger charge is -2.33. The third kappa shape index (κ3) is 4.97. The second kappa shape index (κ2) is 8.46. The lowest BCUT2D eigenvalue weighted by Crippen LogP contribution is -2.23. The molecular formula is C22H23BrF3N3S. The van der Waals surface area contributed by atoms with Gasteiger partial charge in [0.25, 0.3) is 0 Å². The summed E-state index contributed by atoms with van der Waals surface area (Å²) in [6, 6.07) is 12.7. The van der Waals surface area contributed by atoms with Crippen molar-refractivity contribution in [2.45, 2.75) is 49.6 Å². The number of anilines is 2. The summed E-state index contributed by atoms with van der Waals surface area (Å²) >= 11 is 3.41. The zero-order chi connectivity index (χ0) is 21.5. The van der Waals surface area contributed by atoms with Gasteiger partial charge in [-0.3, -0.25) is 0 Å². The molecule has 3 nitrogen and oxygen atoms in total. The van der Waals surface area contributed by atoms with Crippen LogP contribution in [0, 0.1) is 11.8 Å². The van der Waals surface area contributed by atoms with Crippen LogP contribution >= 0.6 is 27.7 Å². The summed E-state index contributed by atoms with van der Waals surface area (Å²) in [5.74, 6) is 2.00. The Labute approximate surface area is 186 Å². The standard InChI is InChI=1S/C22H23BrF3N3S/c1-13-9-14(2)11-17(10-13)29-20-8-3-15(23)12-19(20)28-21(29)27-16-4-6-18(7-5-16)30-22(24,25)26/h3-8,12-14,17H,9-11H2,1-2H3,(H,27,28). The Morgan fingerprint density at radius 1 is 1.03 bits per heavy atom. The van der Waals surface area contributed by atoms with E-state index >= 15 is 0 Å². The average molecular weight is 498 g/mol. The number of halogens is 4. The fraction of sp³-hybridized carbons (Fsp3) is 0.409. The van der Waals surface area contributed by atoms with Crippen molar-refractivity contribution in [3.63, 3.8) is 0 Å².